The molecule has 0 saturated carbocycles. The topological polar surface area (TPSA) is 29.5 Å². The van der Waals surface area contributed by atoms with Crippen LogP contribution in [-0.2, 0) is 10.9 Å². The standard InChI is InChI=1S/C30H26F3NO2/c1-18-14-20(30(31,32)33)10-13-23(18)19-15-21-11-12-22(16-19)34(21)29(35)36-17-28-26-8-4-2-6-24(26)25-7-3-5-9-27(25)28/h2-10,13-15,21-22,28H,11-12,16-17H2,1H3. The van der Waals surface area contributed by atoms with E-state index in [1.54, 1.807) is 13.0 Å². The van der Waals surface area contributed by atoms with Gasteiger partial charge in [-0.2, -0.15) is 13.2 Å². The number of hydrogen-bond donors (Lipinski definition) is 0. The zero-order valence-corrected chi connectivity index (χ0v) is 19.9. The maximum Gasteiger partial charge on any atom is 0.416 e. The highest BCUT2D eigenvalue weighted by atomic mass is 19.4. The Morgan fingerprint density at radius 2 is 1.61 bits per heavy atom. The largest absolute Gasteiger partial charge is 0.448 e. The molecule has 36 heavy (non-hydrogen) atoms. The molecule has 0 aromatic heterocycles. The van der Waals surface area contributed by atoms with Gasteiger partial charge in [-0.15, -0.1) is 0 Å². The summed E-state index contributed by atoms with van der Waals surface area (Å²) >= 11 is 0. The second-order valence-corrected chi connectivity index (χ2v) is 9.93. The lowest BCUT2D eigenvalue weighted by Crippen LogP contribution is -2.43. The van der Waals surface area contributed by atoms with E-state index in [0.29, 0.717) is 12.0 Å². The number of carbonyl (C=O) groups is 1. The molecule has 0 N–H and O–H groups in total. The Balaban J connectivity index is 1.19. The van der Waals surface area contributed by atoms with Crippen LogP contribution >= 0.6 is 0 Å². The van der Waals surface area contributed by atoms with Crippen LogP contribution in [0.2, 0.25) is 0 Å². The number of amides is 1. The molecule has 3 nitrogen and oxygen atoms in total. The third kappa shape index (κ3) is 3.80. The number of nitrogens with zero attached hydrogens (tertiary/aromatic N) is 1. The van der Waals surface area contributed by atoms with Crippen molar-refractivity contribution in [3.8, 4) is 11.1 Å². The molecular weight excluding hydrogens is 463 g/mol. The van der Waals surface area contributed by atoms with Crippen molar-refractivity contribution in [2.45, 2.75) is 50.4 Å². The van der Waals surface area contributed by atoms with Crippen LogP contribution in [-0.4, -0.2) is 29.7 Å². The van der Waals surface area contributed by atoms with Crippen molar-refractivity contribution in [1.29, 1.82) is 0 Å². The normalized spacial score (nSPS) is 20.7. The lowest BCUT2D eigenvalue weighted by Gasteiger charge is -2.34. The first-order chi connectivity index (χ1) is 17.3. The average Bonchev–Trinajstić information content (AvgIpc) is 3.32. The Morgan fingerprint density at radius 3 is 2.22 bits per heavy atom. The summed E-state index contributed by atoms with van der Waals surface area (Å²) < 4.78 is 45.2. The fourth-order valence-corrected chi connectivity index (χ4v) is 6.18. The minimum atomic E-state index is -4.36. The highest BCUT2D eigenvalue weighted by Crippen LogP contribution is 2.45. The maximum atomic E-state index is 13.3. The third-order valence-electron chi connectivity index (χ3n) is 7.84. The van der Waals surface area contributed by atoms with Gasteiger partial charge in [0.25, 0.3) is 0 Å². The maximum absolute atomic E-state index is 13.3. The van der Waals surface area contributed by atoms with Crippen molar-refractivity contribution in [2.75, 3.05) is 6.61 Å². The van der Waals surface area contributed by atoms with Crippen LogP contribution in [0.1, 0.15) is 53.0 Å². The molecule has 1 fully saturated rings. The molecule has 0 radical (unpaired) electrons. The Labute approximate surface area is 208 Å². The van der Waals surface area contributed by atoms with Crippen LogP contribution < -0.4 is 0 Å². The van der Waals surface area contributed by atoms with E-state index < -0.39 is 11.7 Å². The molecule has 2 atom stereocenters. The number of aryl methyl sites for hydroxylation is 1. The van der Waals surface area contributed by atoms with E-state index in [2.05, 4.69) is 24.3 Å². The van der Waals surface area contributed by atoms with Gasteiger partial charge in [0.05, 0.1) is 11.6 Å². The molecule has 1 saturated heterocycles. The SMILES string of the molecule is Cc1cc(C(F)(F)F)ccc1C1=CC2CCC(C1)N2C(=O)OCC1c2ccccc2-c2ccccc21. The molecule has 0 spiro atoms. The van der Waals surface area contributed by atoms with Gasteiger partial charge in [-0.1, -0.05) is 60.7 Å². The summed E-state index contributed by atoms with van der Waals surface area (Å²) in [6, 6.07) is 20.3. The summed E-state index contributed by atoms with van der Waals surface area (Å²) in [6.07, 6.45) is -0.326. The fourth-order valence-electron chi connectivity index (χ4n) is 6.18. The number of ether oxygens (including phenoxy) is 1. The molecule has 3 aromatic rings. The summed E-state index contributed by atoms with van der Waals surface area (Å²) in [7, 11) is 0. The highest BCUT2D eigenvalue weighted by molar-refractivity contribution is 5.79. The van der Waals surface area contributed by atoms with Gasteiger partial charge in [-0.3, -0.25) is 4.90 Å². The number of benzene rings is 3. The van der Waals surface area contributed by atoms with Gasteiger partial charge in [0.1, 0.15) is 6.61 Å². The van der Waals surface area contributed by atoms with E-state index >= 15 is 0 Å². The summed E-state index contributed by atoms with van der Waals surface area (Å²) in [5, 5.41) is 0. The van der Waals surface area contributed by atoms with Gasteiger partial charge in [-0.05, 0) is 77.3 Å². The quantitative estimate of drug-likeness (QED) is 0.379. The highest BCUT2D eigenvalue weighted by Gasteiger charge is 2.41. The Bertz CT molecular complexity index is 1330. The van der Waals surface area contributed by atoms with Crippen LogP contribution in [0, 0.1) is 6.92 Å². The summed E-state index contributed by atoms with van der Waals surface area (Å²) in [5.74, 6) is 0.00435. The Morgan fingerprint density at radius 1 is 0.944 bits per heavy atom. The average molecular weight is 490 g/mol. The molecule has 3 aromatic carbocycles. The van der Waals surface area contributed by atoms with Gasteiger partial charge in [-0.25, -0.2) is 4.79 Å². The number of rotatable bonds is 3. The minimum absolute atomic E-state index is 0.00435. The fraction of sp³-hybridized carbons (Fsp3) is 0.300. The summed E-state index contributed by atoms with van der Waals surface area (Å²) in [5.41, 5.74) is 6.52. The first kappa shape index (κ1) is 22.9. The summed E-state index contributed by atoms with van der Waals surface area (Å²) in [6.45, 7) is 1.99. The zero-order valence-electron chi connectivity index (χ0n) is 19.9. The molecule has 6 rings (SSSR count). The van der Waals surface area contributed by atoms with Crippen molar-refractivity contribution >= 4 is 11.7 Å². The van der Waals surface area contributed by atoms with Gasteiger partial charge >= 0.3 is 12.3 Å². The van der Waals surface area contributed by atoms with E-state index in [9.17, 15) is 18.0 Å². The van der Waals surface area contributed by atoms with E-state index in [0.717, 1.165) is 30.0 Å². The zero-order chi connectivity index (χ0) is 25.0. The van der Waals surface area contributed by atoms with Gasteiger partial charge in [0.15, 0.2) is 0 Å². The molecule has 184 valence electrons. The smallest absolute Gasteiger partial charge is 0.416 e. The predicted octanol–water partition coefficient (Wildman–Crippen LogP) is 7.58. The van der Waals surface area contributed by atoms with Gasteiger partial charge in [0, 0.05) is 12.0 Å². The van der Waals surface area contributed by atoms with E-state index in [1.165, 1.54) is 28.3 Å². The number of carbonyl (C=O) groups excluding carboxylic acids is 1. The van der Waals surface area contributed by atoms with Crippen molar-refractivity contribution in [3.05, 3.63) is 101 Å². The van der Waals surface area contributed by atoms with Crippen LogP contribution in [0.3, 0.4) is 0 Å². The van der Waals surface area contributed by atoms with E-state index in [-0.39, 0.29) is 30.7 Å². The van der Waals surface area contributed by atoms with Crippen LogP contribution in [0.15, 0.2) is 72.8 Å². The molecular formula is C30H26F3NO2. The van der Waals surface area contributed by atoms with Crippen molar-refractivity contribution in [1.82, 2.24) is 4.90 Å². The Hall–Kier alpha value is -3.54. The molecule has 2 heterocycles. The molecule has 3 aliphatic rings. The molecule has 2 bridgehead atoms. The first-order valence-electron chi connectivity index (χ1n) is 12.3. The number of halogens is 3. The molecule has 6 heteroatoms. The molecule has 2 aliphatic heterocycles. The van der Waals surface area contributed by atoms with Crippen molar-refractivity contribution in [3.63, 3.8) is 0 Å². The van der Waals surface area contributed by atoms with Gasteiger partial charge < -0.3 is 4.74 Å². The monoisotopic (exact) mass is 489 g/mol. The Kier molecular flexibility index (Phi) is 5.43. The second-order valence-electron chi connectivity index (χ2n) is 9.93. The van der Waals surface area contributed by atoms with Gasteiger partial charge in [0.2, 0.25) is 0 Å². The number of alkyl halides is 3. The van der Waals surface area contributed by atoms with E-state index in [4.69, 9.17) is 4.74 Å². The van der Waals surface area contributed by atoms with Crippen LogP contribution in [0.4, 0.5) is 18.0 Å². The molecule has 2 unspecified atom stereocenters. The van der Waals surface area contributed by atoms with Crippen molar-refractivity contribution in [2.24, 2.45) is 0 Å². The molecule has 1 aliphatic carbocycles. The van der Waals surface area contributed by atoms with E-state index in [1.807, 2.05) is 35.2 Å². The predicted molar refractivity (Wildman–Crippen MR) is 132 cm³/mol. The minimum Gasteiger partial charge on any atom is -0.448 e. The second kappa shape index (κ2) is 8.54. The summed E-state index contributed by atoms with van der Waals surface area (Å²) in [4.78, 5) is 15.1. The van der Waals surface area contributed by atoms with Crippen molar-refractivity contribution < 1.29 is 22.7 Å². The van der Waals surface area contributed by atoms with Crippen LogP contribution in [0.25, 0.3) is 16.7 Å². The first-order valence-corrected chi connectivity index (χ1v) is 12.3. The van der Waals surface area contributed by atoms with Crippen LogP contribution in [0.5, 0.6) is 0 Å². The number of fused-ring (bicyclic) bond motifs is 5. The third-order valence-corrected chi connectivity index (χ3v) is 7.84. The molecule has 1 amide bonds. The lowest BCUT2D eigenvalue weighted by atomic mass is 9.91. The number of hydrogen-bond acceptors (Lipinski definition) is 2. The lowest BCUT2D eigenvalue weighted by molar-refractivity contribution is -0.137.